The van der Waals surface area contributed by atoms with Gasteiger partial charge in [-0.3, -0.25) is 4.79 Å². The van der Waals surface area contributed by atoms with Crippen LogP contribution >= 0.6 is 11.3 Å². The lowest BCUT2D eigenvalue weighted by Gasteiger charge is -2.14. The highest BCUT2D eigenvalue weighted by Crippen LogP contribution is 2.25. The molecule has 4 heteroatoms. The molecule has 0 N–H and O–H groups in total. The number of hydrogen-bond donors (Lipinski definition) is 0. The second-order valence-electron chi connectivity index (χ2n) is 4.57. The monoisotopic (exact) mass is 258 g/mol. The Balaban J connectivity index is 1.87. The van der Waals surface area contributed by atoms with Gasteiger partial charge in [0.05, 0.1) is 5.01 Å². The van der Waals surface area contributed by atoms with Gasteiger partial charge in [-0.2, -0.15) is 0 Å². The van der Waals surface area contributed by atoms with E-state index < -0.39 is 0 Å². The predicted octanol–water partition coefficient (Wildman–Crippen LogP) is 2.92. The van der Waals surface area contributed by atoms with Crippen LogP contribution < -0.4 is 0 Å². The Hall–Kier alpha value is -1.68. The Labute approximate surface area is 110 Å². The van der Waals surface area contributed by atoms with E-state index in [1.807, 2.05) is 30.9 Å². The first-order valence-electron chi connectivity index (χ1n) is 5.95. The van der Waals surface area contributed by atoms with Crippen LogP contribution in [0.4, 0.5) is 0 Å². The van der Waals surface area contributed by atoms with E-state index >= 15 is 0 Å². The molecule has 92 valence electrons. The molecule has 1 aliphatic rings. The van der Waals surface area contributed by atoms with Crippen molar-refractivity contribution in [2.75, 3.05) is 0 Å². The molecule has 0 atom stereocenters. The highest BCUT2D eigenvalue weighted by molar-refractivity contribution is 7.11. The number of carbonyl (C=O) groups excluding carboxylic acids is 1. The van der Waals surface area contributed by atoms with Gasteiger partial charge < -0.3 is 4.90 Å². The average Bonchev–Trinajstić information content (AvgIpc) is 2.91. The summed E-state index contributed by atoms with van der Waals surface area (Å²) in [4.78, 5) is 19.6. The van der Waals surface area contributed by atoms with Crippen molar-refractivity contribution in [1.82, 2.24) is 9.88 Å². The minimum atomic E-state index is 0.0491. The van der Waals surface area contributed by atoms with Gasteiger partial charge in [0.25, 0.3) is 5.91 Å². The van der Waals surface area contributed by atoms with Crippen LogP contribution in [0.1, 0.15) is 31.5 Å². The number of nitrogens with zero attached hydrogens (tertiary/aromatic N) is 2. The number of hydrogen-bond acceptors (Lipinski definition) is 3. The van der Waals surface area contributed by atoms with Crippen molar-refractivity contribution in [2.24, 2.45) is 0 Å². The van der Waals surface area contributed by atoms with E-state index in [9.17, 15) is 4.79 Å². The molecule has 18 heavy (non-hydrogen) atoms. The zero-order valence-electron chi connectivity index (χ0n) is 10.4. The second kappa shape index (κ2) is 4.21. The number of aryl methyl sites for hydroxylation is 2. The van der Waals surface area contributed by atoms with Gasteiger partial charge in [-0.1, -0.05) is 24.3 Å². The van der Waals surface area contributed by atoms with E-state index in [1.165, 1.54) is 11.1 Å². The molecule has 0 unspecified atom stereocenters. The van der Waals surface area contributed by atoms with Crippen LogP contribution in [0.5, 0.6) is 0 Å². The van der Waals surface area contributed by atoms with E-state index in [2.05, 4.69) is 17.1 Å². The molecule has 0 fully saturated rings. The first-order valence-corrected chi connectivity index (χ1v) is 6.77. The quantitative estimate of drug-likeness (QED) is 0.788. The Morgan fingerprint density at radius 2 is 1.83 bits per heavy atom. The number of thiazole rings is 1. The third-order valence-electron chi connectivity index (χ3n) is 3.23. The van der Waals surface area contributed by atoms with Crippen LogP contribution in [0, 0.1) is 13.8 Å². The summed E-state index contributed by atoms with van der Waals surface area (Å²) in [6, 6.07) is 8.21. The summed E-state index contributed by atoms with van der Waals surface area (Å²) in [5.41, 5.74) is 3.11. The lowest BCUT2D eigenvalue weighted by Crippen LogP contribution is -2.26. The molecule has 0 saturated carbocycles. The molecule has 2 aromatic rings. The van der Waals surface area contributed by atoms with Crippen LogP contribution in [-0.4, -0.2) is 15.8 Å². The van der Waals surface area contributed by atoms with Crippen molar-refractivity contribution < 1.29 is 4.79 Å². The van der Waals surface area contributed by atoms with Gasteiger partial charge >= 0.3 is 0 Å². The number of fused-ring (bicyclic) bond motifs is 1. The molecule has 0 spiro atoms. The molecule has 1 aliphatic heterocycles. The maximum atomic E-state index is 12.4. The molecular weight excluding hydrogens is 244 g/mol. The molecule has 1 aromatic carbocycles. The summed E-state index contributed by atoms with van der Waals surface area (Å²) >= 11 is 1.58. The van der Waals surface area contributed by atoms with E-state index in [-0.39, 0.29) is 5.91 Å². The standard InChI is InChI=1S/C14H14N2OS/c1-9-13(15-10(2)18-9)14(17)16-7-11-5-3-4-6-12(11)8-16/h3-6H,7-8H2,1-2H3. The maximum Gasteiger partial charge on any atom is 0.274 e. The average molecular weight is 258 g/mol. The Bertz CT molecular complexity index is 593. The Kier molecular flexibility index (Phi) is 2.67. The van der Waals surface area contributed by atoms with Gasteiger partial charge in [0.1, 0.15) is 5.69 Å². The fraction of sp³-hybridized carbons (Fsp3) is 0.286. The molecule has 1 amide bonds. The van der Waals surface area contributed by atoms with Gasteiger partial charge in [0, 0.05) is 18.0 Å². The van der Waals surface area contributed by atoms with Crippen LogP contribution in [0.25, 0.3) is 0 Å². The SMILES string of the molecule is Cc1nc(C(=O)N2Cc3ccccc3C2)c(C)s1. The molecule has 3 nitrogen and oxygen atoms in total. The Morgan fingerprint density at radius 1 is 1.22 bits per heavy atom. The zero-order valence-corrected chi connectivity index (χ0v) is 11.3. The first kappa shape index (κ1) is 11.4. The summed E-state index contributed by atoms with van der Waals surface area (Å²) in [6.07, 6.45) is 0. The summed E-state index contributed by atoms with van der Waals surface area (Å²) in [6.45, 7) is 5.30. The highest BCUT2D eigenvalue weighted by Gasteiger charge is 2.26. The van der Waals surface area contributed by atoms with Crippen LogP contribution in [0.15, 0.2) is 24.3 Å². The summed E-state index contributed by atoms with van der Waals surface area (Å²) in [5.74, 6) is 0.0491. The number of rotatable bonds is 1. The fourth-order valence-electron chi connectivity index (χ4n) is 2.35. The lowest BCUT2D eigenvalue weighted by atomic mass is 10.1. The van der Waals surface area contributed by atoms with Gasteiger partial charge in [-0.05, 0) is 25.0 Å². The number of aromatic nitrogens is 1. The molecule has 0 saturated heterocycles. The number of carbonyl (C=O) groups is 1. The van der Waals surface area contributed by atoms with Gasteiger partial charge in [-0.25, -0.2) is 4.98 Å². The van der Waals surface area contributed by atoms with E-state index in [4.69, 9.17) is 0 Å². The van der Waals surface area contributed by atoms with E-state index in [0.29, 0.717) is 18.8 Å². The van der Waals surface area contributed by atoms with E-state index in [1.54, 1.807) is 11.3 Å². The summed E-state index contributed by atoms with van der Waals surface area (Å²) in [5, 5.41) is 0.951. The molecule has 0 radical (unpaired) electrons. The molecular formula is C14H14N2OS. The van der Waals surface area contributed by atoms with Crippen LogP contribution in [0.3, 0.4) is 0 Å². The minimum absolute atomic E-state index is 0.0491. The van der Waals surface area contributed by atoms with Gasteiger partial charge in [0.15, 0.2) is 0 Å². The third-order valence-corrected chi connectivity index (χ3v) is 4.12. The number of amides is 1. The van der Waals surface area contributed by atoms with E-state index in [0.717, 1.165) is 9.88 Å². The van der Waals surface area contributed by atoms with Gasteiger partial charge in [0.2, 0.25) is 0 Å². The molecule has 3 rings (SSSR count). The lowest BCUT2D eigenvalue weighted by molar-refractivity contribution is 0.0745. The summed E-state index contributed by atoms with van der Waals surface area (Å²) < 4.78 is 0. The van der Waals surface area contributed by atoms with Crippen LogP contribution in [0.2, 0.25) is 0 Å². The predicted molar refractivity (Wildman–Crippen MR) is 71.6 cm³/mol. The smallest absolute Gasteiger partial charge is 0.274 e. The summed E-state index contributed by atoms with van der Waals surface area (Å²) in [7, 11) is 0. The number of benzene rings is 1. The minimum Gasteiger partial charge on any atom is -0.329 e. The van der Waals surface area contributed by atoms with Crippen molar-refractivity contribution in [3.05, 3.63) is 51.0 Å². The van der Waals surface area contributed by atoms with Gasteiger partial charge in [-0.15, -0.1) is 11.3 Å². The van der Waals surface area contributed by atoms with Crippen LogP contribution in [-0.2, 0) is 13.1 Å². The first-order chi connectivity index (χ1) is 8.65. The maximum absolute atomic E-state index is 12.4. The van der Waals surface area contributed by atoms with Crippen molar-refractivity contribution in [1.29, 1.82) is 0 Å². The molecule has 1 aromatic heterocycles. The normalized spacial score (nSPS) is 13.8. The third kappa shape index (κ3) is 1.82. The highest BCUT2D eigenvalue weighted by atomic mass is 32.1. The Morgan fingerprint density at radius 3 is 2.33 bits per heavy atom. The molecule has 2 heterocycles. The van der Waals surface area contributed by atoms with Crippen molar-refractivity contribution >= 4 is 17.2 Å². The fourth-order valence-corrected chi connectivity index (χ4v) is 3.16. The largest absolute Gasteiger partial charge is 0.329 e. The molecule has 0 aliphatic carbocycles. The van der Waals surface area contributed by atoms with Crippen molar-refractivity contribution in [3.63, 3.8) is 0 Å². The van der Waals surface area contributed by atoms with Crippen molar-refractivity contribution in [3.8, 4) is 0 Å². The zero-order chi connectivity index (χ0) is 12.7. The molecule has 0 bridgehead atoms. The second-order valence-corrected chi connectivity index (χ2v) is 5.97. The topological polar surface area (TPSA) is 33.2 Å². The van der Waals surface area contributed by atoms with Crippen molar-refractivity contribution in [2.45, 2.75) is 26.9 Å².